The van der Waals surface area contributed by atoms with E-state index in [-0.39, 0.29) is 5.78 Å². The Labute approximate surface area is 159 Å². The highest BCUT2D eigenvalue weighted by Gasteiger charge is 2.07. The molecule has 0 bridgehead atoms. The number of benzene rings is 2. The van der Waals surface area contributed by atoms with E-state index in [0.29, 0.717) is 15.6 Å². The smallest absolute Gasteiger partial charge is 0.187 e. The molecule has 0 saturated heterocycles. The minimum atomic E-state index is -0.145. The number of allylic oxidation sites excluding steroid dienone is 1. The van der Waals surface area contributed by atoms with Crippen molar-refractivity contribution in [3.8, 4) is 0 Å². The average Bonchev–Trinajstić information content (AvgIpc) is 2.58. The lowest BCUT2D eigenvalue weighted by Crippen LogP contribution is -2.28. The fraction of sp³-hybridized carbons (Fsp3) is 0.250. The first-order valence-electron chi connectivity index (χ1n) is 8.00. The van der Waals surface area contributed by atoms with E-state index in [1.165, 1.54) is 6.08 Å². The van der Waals surface area contributed by atoms with Gasteiger partial charge in [-0.3, -0.25) is 4.79 Å². The van der Waals surface area contributed by atoms with Gasteiger partial charge in [-0.15, -0.1) is 0 Å². The molecule has 132 valence electrons. The lowest BCUT2D eigenvalue weighted by atomic mass is 10.1. The van der Waals surface area contributed by atoms with Crippen LogP contribution in [0.4, 0.5) is 5.69 Å². The Kier molecular flexibility index (Phi) is 7.06. The maximum atomic E-state index is 12.2. The predicted molar refractivity (Wildman–Crippen MR) is 108 cm³/mol. The Morgan fingerprint density at radius 2 is 1.68 bits per heavy atom. The summed E-state index contributed by atoms with van der Waals surface area (Å²) in [6.45, 7) is 1.95. The maximum absolute atomic E-state index is 12.2. The first-order valence-corrected chi connectivity index (χ1v) is 8.76. The summed E-state index contributed by atoms with van der Waals surface area (Å²) in [7, 11) is 6.19. The number of likely N-dealkylation sites (N-methyl/N-ethyl adjacent to an activating group) is 2. The highest BCUT2D eigenvalue weighted by Crippen LogP contribution is 2.22. The van der Waals surface area contributed by atoms with Crippen LogP contribution in [-0.2, 0) is 0 Å². The first-order chi connectivity index (χ1) is 11.9. The molecule has 0 fully saturated rings. The summed E-state index contributed by atoms with van der Waals surface area (Å²) in [5, 5.41) is 0.875. The molecule has 0 aliphatic rings. The van der Waals surface area contributed by atoms with Gasteiger partial charge in [-0.05, 0) is 56.1 Å². The van der Waals surface area contributed by atoms with Crippen molar-refractivity contribution in [3.05, 3.63) is 69.7 Å². The van der Waals surface area contributed by atoms with Crippen molar-refractivity contribution in [2.75, 3.05) is 39.1 Å². The average molecular weight is 377 g/mol. The number of hydrogen-bond donors (Lipinski definition) is 0. The fourth-order valence-corrected chi connectivity index (χ4v) is 2.77. The van der Waals surface area contributed by atoms with Crippen LogP contribution in [0.2, 0.25) is 10.0 Å². The molecule has 2 aromatic carbocycles. The quantitative estimate of drug-likeness (QED) is 0.507. The van der Waals surface area contributed by atoms with Crippen molar-refractivity contribution in [2.45, 2.75) is 0 Å². The topological polar surface area (TPSA) is 23.6 Å². The van der Waals surface area contributed by atoms with E-state index in [4.69, 9.17) is 23.2 Å². The second-order valence-corrected chi connectivity index (χ2v) is 6.98. The van der Waals surface area contributed by atoms with E-state index in [1.54, 1.807) is 24.3 Å². The highest BCUT2D eigenvalue weighted by atomic mass is 35.5. The third-order valence-corrected chi connectivity index (χ3v) is 4.39. The minimum absolute atomic E-state index is 0.145. The molecule has 0 spiro atoms. The molecule has 0 aliphatic heterocycles. The third-order valence-electron chi connectivity index (χ3n) is 3.84. The number of hydrogen-bond acceptors (Lipinski definition) is 3. The van der Waals surface area contributed by atoms with E-state index in [0.717, 1.165) is 24.3 Å². The monoisotopic (exact) mass is 376 g/mol. The van der Waals surface area contributed by atoms with Crippen LogP contribution in [-0.4, -0.2) is 44.9 Å². The summed E-state index contributed by atoms with van der Waals surface area (Å²) in [6.07, 6.45) is 3.32. The molecule has 2 rings (SSSR count). The van der Waals surface area contributed by atoms with Gasteiger partial charge in [0.15, 0.2) is 5.78 Å². The molecule has 0 radical (unpaired) electrons. The van der Waals surface area contributed by atoms with Crippen molar-refractivity contribution in [1.82, 2.24) is 4.90 Å². The van der Waals surface area contributed by atoms with Crippen molar-refractivity contribution in [1.29, 1.82) is 0 Å². The molecule has 0 atom stereocenters. The number of ketones is 1. The van der Waals surface area contributed by atoms with Gasteiger partial charge in [0.25, 0.3) is 0 Å². The molecular formula is C20H22Cl2N2O. The molecule has 0 aliphatic carbocycles. The molecule has 5 heteroatoms. The number of rotatable bonds is 7. The fourth-order valence-electron chi connectivity index (χ4n) is 2.27. The van der Waals surface area contributed by atoms with Gasteiger partial charge in [0.2, 0.25) is 0 Å². The molecule has 2 aromatic rings. The second-order valence-electron chi connectivity index (χ2n) is 6.14. The number of carbonyl (C=O) groups excluding carboxylic acids is 1. The zero-order valence-corrected chi connectivity index (χ0v) is 16.2. The third kappa shape index (κ3) is 5.89. The van der Waals surface area contributed by atoms with Gasteiger partial charge in [-0.1, -0.05) is 41.4 Å². The molecule has 25 heavy (non-hydrogen) atoms. The number of carbonyl (C=O) groups is 1. The van der Waals surface area contributed by atoms with E-state index in [2.05, 4.69) is 43.1 Å². The van der Waals surface area contributed by atoms with Crippen LogP contribution < -0.4 is 4.90 Å². The zero-order valence-electron chi connectivity index (χ0n) is 14.7. The molecular weight excluding hydrogens is 355 g/mol. The van der Waals surface area contributed by atoms with E-state index in [9.17, 15) is 4.79 Å². The normalized spacial score (nSPS) is 11.3. The van der Waals surface area contributed by atoms with Crippen LogP contribution in [0.1, 0.15) is 15.9 Å². The molecule has 0 N–H and O–H groups in total. The Balaban J connectivity index is 2.02. The van der Waals surface area contributed by atoms with Crippen molar-refractivity contribution >= 4 is 40.7 Å². The largest absolute Gasteiger partial charge is 0.373 e. The Hall–Kier alpha value is -1.81. The lowest BCUT2D eigenvalue weighted by Gasteiger charge is -2.21. The van der Waals surface area contributed by atoms with Gasteiger partial charge < -0.3 is 9.80 Å². The Morgan fingerprint density at radius 3 is 2.28 bits per heavy atom. The van der Waals surface area contributed by atoms with Gasteiger partial charge >= 0.3 is 0 Å². The lowest BCUT2D eigenvalue weighted by molar-refractivity contribution is 0.104. The summed E-state index contributed by atoms with van der Waals surface area (Å²) in [6, 6.07) is 13.0. The summed E-state index contributed by atoms with van der Waals surface area (Å²) >= 11 is 11.9. The van der Waals surface area contributed by atoms with Crippen LogP contribution in [0, 0.1) is 0 Å². The van der Waals surface area contributed by atoms with Gasteiger partial charge in [0.05, 0.1) is 5.02 Å². The molecule has 0 amide bonds. The SMILES string of the molecule is CN(C)CCN(C)c1ccc(/C=C/C(=O)c2ccc(Cl)cc2Cl)cc1. The molecule has 0 aromatic heterocycles. The van der Waals surface area contributed by atoms with Crippen LogP contribution in [0.3, 0.4) is 0 Å². The Bertz CT molecular complexity index is 755. The van der Waals surface area contributed by atoms with Crippen molar-refractivity contribution in [2.24, 2.45) is 0 Å². The maximum Gasteiger partial charge on any atom is 0.187 e. The standard InChI is InChI=1S/C20H22Cl2N2O/c1-23(2)12-13-24(3)17-8-4-15(5-9-17)6-11-20(25)18-10-7-16(21)14-19(18)22/h4-11,14H,12-13H2,1-3H3/b11-6+. The summed E-state index contributed by atoms with van der Waals surface area (Å²) in [4.78, 5) is 16.6. The van der Waals surface area contributed by atoms with Crippen LogP contribution in [0.5, 0.6) is 0 Å². The zero-order chi connectivity index (χ0) is 18.4. The van der Waals surface area contributed by atoms with Crippen LogP contribution >= 0.6 is 23.2 Å². The second kappa shape index (κ2) is 9.04. The minimum Gasteiger partial charge on any atom is -0.373 e. The van der Waals surface area contributed by atoms with E-state index >= 15 is 0 Å². The van der Waals surface area contributed by atoms with Gasteiger partial charge in [0, 0.05) is 36.4 Å². The number of anilines is 1. The predicted octanol–water partition coefficient (Wildman–Crippen LogP) is 4.89. The van der Waals surface area contributed by atoms with Crippen molar-refractivity contribution < 1.29 is 4.79 Å². The highest BCUT2D eigenvalue weighted by molar-refractivity contribution is 6.37. The van der Waals surface area contributed by atoms with Crippen LogP contribution in [0.15, 0.2) is 48.5 Å². The van der Waals surface area contributed by atoms with E-state index < -0.39 is 0 Å². The van der Waals surface area contributed by atoms with Gasteiger partial charge in [-0.25, -0.2) is 0 Å². The summed E-state index contributed by atoms with van der Waals surface area (Å²) in [5.41, 5.74) is 2.55. The molecule has 0 unspecified atom stereocenters. The Morgan fingerprint density at radius 1 is 1.00 bits per heavy atom. The van der Waals surface area contributed by atoms with Crippen LogP contribution in [0.25, 0.3) is 6.08 Å². The molecule has 3 nitrogen and oxygen atoms in total. The number of halogens is 2. The summed E-state index contributed by atoms with van der Waals surface area (Å²) in [5.74, 6) is -0.145. The van der Waals surface area contributed by atoms with Gasteiger partial charge in [-0.2, -0.15) is 0 Å². The van der Waals surface area contributed by atoms with Crippen molar-refractivity contribution in [3.63, 3.8) is 0 Å². The summed E-state index contributed by atoms with van der Waals surface area (Å²) < 4.78 is 0. The molecule has 0 heterocycles. The number of nitrogens with zero attached hydrogens (tertiary/aromatic N) is 2. The first kappa shape index (κ1) is 19.5. The van der Waals surface area contributed by atoms with Gasteiger partial charge in [0.1, 0.15) is 0 Å². The van der Waals surface area contributed by atoms with E-state index in [1.807, 2.05) is 12.1 Å². The molecule has 0 saturated carbocycles.